The maximum atomic E-state index is 13.0. The smallest absolute Gasteiger partial charge is 0.326 e. The minimum absolute atomic E-state index is 0.00586. The second-order valence-corrected chi connectivity index (χ2v) is 8.44. The summed E-state index contributed by atoms with van der Waals surface area (Å²) in [6, 6.07) is 9.01. The molecule has 0 unspecified atom stereocenters. The molecule has 0 spiro atoms. The molecule has 0 saturated heterocycles. The first-order valence-electron chi connectivity index (χ1n) is 10.7. The number of amides is 2. The van der Waals surface area contributed by atoms with Crippen molar-refractivity contribution in [1.82, 2.24) is 10.6 Å². The van der Waals surface area contributed by atoms with Crippen LogP contribution in [0.5, 0.6) is 11.5 Å². The van der Waals surface area contributed by atoms with Crippen LogP contribution in [-0.4, -0.2) is 51.2 Å². The zero-order valence-corrected chi connectivity index (χ0v) is 18.7. The second kappa shape index (κ2) is 11.9. The Labute approximate surface area is 192 Å². The third-order valence-electron chi connectivity index (χ3n) is 5.06. The molecule has 178 valence electrons. The molecule has 0 aliphatic heterocycles. The van der Waals surface area contributed by atoms with Gasteiger partial charge in [0, 0.05) is 12.8 Å². The van der Waals surface area contributed by atoms with E-state index in [4.69, 9.17) is 5.73 Å². The molecule has 0 aliphatic rings. The summed E-state index contributed by atoms with van der Waals surface area (Å²) in [5.74, 6) is -2.13. The Morgan fingerprint density at radius 1 is 0.788 bits per heavy atom. The molecule has 0 aromatic heterocycles. The van der Waals surface area contributed by atoms with Crippen LogP contribution in [0.4, 0.5) is 0 Å². The summed E-state index contributed by atoms with van der Waals surface area (Å²) >= 11 is 0. The molecule has 2 rings (SSSR count). The third-order valence-corrected chi connectivity index (χ3v) is 5.06. The minimum atomic E-state index is -1.24. The summed E-state index contributed by atoms with van der Waals surface area (Å²) in [6.07, 6.45) is 0.504. The van der Waals surface area contributed by atoms with E-state index in [0.717, 1.165) is 0 Å². The first kappa shape index (κ1) is 25.7. The first-order valence-corrected chi connectivity index (χ1v) is 10.7. The molecule has 0 fully saturated rings. The number of phenols is 2. The average molecular weight is 458 g/mol. The van der Waals surface area contributed by atoms with E-state index < -0.39 is 35.9 Å². The molecule has 33 heavy (non-hydrogen) atoms. The number of aliphatic carboxylic acids is 1. The van der Waals surface area contributed by atoms with Crippen molar-refractivity contribution in [2.45, 2.75) is 51.2 Å². The Kier molecular flexibility index (Phi) is 9.23. The highest BCUT2D eigenvalue weighted by atomic mass is 16.4. The van der Waals surface area contributed by atoms with Gasteiger partial charge in [-0.25, -0.2) is 4.79 Å². The molecule has 7 N–H and O–H groups in total. The van der Waals surface area contributed by atoms with Gasteiger partial charge in [0.2, 0.25) is 11.8 Å². The Morgan fingerprint density at radius 3 is 1.64 bits per heavy atom. The number of nitrogens with two attached hydrogens (primary N) is 1. The van der Waals surface area contributed by atoms with Gasteiger partial charge in [0.25, 0.3) is 0 Å². The van der Waals surface area contributed by atoms with Gasteiger partial charge in [-0.2, -0.15) is 0 Å². The van der Waals surface area contributed by atoms with Crippen molar-refractivity contribution in [1.29, 1.82) is 0 Å². The number of hydrogen-bond acceptors (Lipinski definition) is 6. The van der Waals surface area contributed by atoms with Crippen LogP contribution < -0.4 is 16.4 Å². The van der Waals surface area contributed by atoms with Crippen molar-refractivity contribution in [3.63, 3.8) is 0 Å². The topological polar surface area (TPSA) is 162 Å². The molecule has 3 atom stereocenters. The fraction of sp³-hybridized carbons (Fsp3) is 0.375. The fourth-order valence-corrected chi connectivity index (χ4v) is 3.31. The van der Waals surface area contributed by atoms with Crippen molar-refractivity contribution in [3.8, 4) is 11.5 Å². The Morgan fingerprint density at radius 2 is 1.21 bits per heavy atom. The molecule has 2 aromatic carbocycles. The van der Waals surface area contributed by atoms with Crippen LogP contribution in [0.2, 0.25) is 0 Å². The highest BCUT2D eigenvalue weighted by molar-refractivity contribution is 5.92. The lowest BCUT2D eigenvalue weighted by Gasteiger charge is -2.23. The van der Waals surface area contributed by atoms with Gasteiger partial charge in [-0.15, -0.1) is 0 Å². The maximum Gasteiger partial charge on any atom is 0.326 e. The maximum absolute atomic E-state index is 13.0. The van der Waals surface area contributed by atoms with E-state index in [1.807, 2.05) is 13.8 Å². The Balaban J connectivity index is 2.18. The molecule has 0 heterocycles. The van der Waals surface area contributed by atoms with E-state index in [2.05, 4.69) is 10.6 Å². The lowest BCUT2D eigenvalue weighted by Crippen LogP contribution is -2.55. The zero-order chi connectivity index (χ0) is 24.5. The molecular formula is C24H31N3O6. The Hall–Kier alpha value is -3.59. The summed E-state index contributed by atoms with van der Waals surface area (Å²) in [7, 11) is 0. The SMILES string of the molecule is CC(C)C[C@H](N)C(=O)N[C@@H](Cc1ccc(O)cc1)C(=O)N[C@@H](Cc1ccc(O)cc1)C(=O)O. The molecule has 2 amide bonds. The van der Waals surface area contributed by atoms with Crippen molar-refractivity contribution in [2.24, 2.45) is 11.7 Å². The van der Waals surface area contributed by atoms with E-state index in [0.29, 0.717) is 17.5 Å². The normalized spacial score (nSPS) is 13.7. The van der Waals surface area contributed by atoms with Crippen LogP contribution in [0.1, 0.15) is 31.4 Å². The highest BCUT2D eigenvalue weighted by Gasteiger charge is 2.28. The molecule has 2 aromatic rings. The number of phenolic OH excluding ortho intramolecular Hbond substituents is 2. The zero-order valence-electron chi connectivity index (χ0n) is 18.7. The van der Waals surface area contributed by atoms with Crippen molar-refractivity contribution in [3.05, 3.63) is 59.7 Å². The fourth-order valence-electron chi connectivity index (χ4n) is 3.31. The predicted octanol–water partition coefficient (Wildman–Crippen LogP) is 1.31. The summed E-state index contributed by atoms with van der Waals surface area (Å²) in [6.45, 7) is 3.85. The van der Waals surface area contributed by atoms with Crippen molar-refractivity contribution >= 4 is 17.8 Å². The lowest BCUT2D eigenvalue weighted by atomic mass is 10.0. The van der Waals surface area contributed by atoms with Gasteiger partial charge in [-0.1, -0.05) is 38.1 Å². The van der Waals surface area contributed by atoms with Gasteiger partial charge in [0.05, 0.1) is 6.04 Å². The molecular weight excluding hydrogens is 426 g/mol. The summed E-state index contributed by atoms with van der Waals surface area (Å²) in [5.41, 5.74) is 7.23. The molecule has 0 bridgehead atoms. The number of carbonyl (C=O) groups is 3. The summed E-state index contributed by atoms with van der Waals surface area (Å²) in [4.78, 5) is 37.4. The number of nitrogens with one attached hydrogen (secondary N) is 2. The highest BCUT2D eigenvalue weighted by Crippen LogP contribution is 2.14. The number of aromatic hydroxyl groups is 2. The quantitative estimate of drug-likeness (QED) is 0.296. The van der Waals surface area contributed by atoms with Crippen LogP contribution in [0.3, 0.4) is 0 Å². The van der Waals surface area contributed by atoms with Crippen LogP contribution in [0, 0.1) is 5.92 Å². The number of carboxylic acids is 1. The standard InChI is InChI=1S/C24H31N3O6/c1-14(2)11-19(25)22(30)26-20(12-15-3-7-17(28)8-4-15)23(31)27-21(24(32)33)13-16-5-9-18(29)10-6-16/h3-10,14,19-21,28-29H,11-13,25H2,1-2H3,(H,26,30)(H,27,31)(H,32,33)/t19-,20-,21-/m0/s1. The Bertz CT molecular complexity index is 944. The summed E-state index contributed by atoms with van der Waals surface area (Å²) < 4.78 is 0. The van der Waals surface area contributed by atoms with Gasteiger partial charge in [0.1, 0.15) is 23.6 Å². The predicted molar refractivity (Wildman–Crippen MR) is 123 cm³/mol. The van der Waals surface area contributed by atoms with Gasteiger partial charge in [0.15, 0.2) is 0 Å². The van der Waals surface area contributed by atoms with E-state index in [1.54, 1.807) is 24.3 Å². The van der Waals surface area contributed by atoms with Gasteiger partial charge < -0.3 is 31.7 Å². The van der Waals surface area contributed by atoms with Crippen LogP contribution in [0.15, 0.2) is 48.5 Å². The lowest BCUT2D eigenvalue weighted by molar-refractivity contribution is -0.142. The van der Waals surface area contributed by atoms with Crippen LogP contribution >= 0.6 is 0 Å². The van der Waals surface area contributed by atoms with E-state index in [1.165, 1.54) is 24.3 Å². The molecule has 0 aliphatic carbocycles. The van der Waals surface area contributed by atoms with Crippen LogP contribution in [0.25, 0.3) is 0 Å². The van der Waals surface area contributed by atoms with Gasteiger partial charge >= 0.3 is 5.97 Å². The monoisotopic (exact) mass is 457 g/mol. The number of benzene rings is 2. The van der Waals surface area contributed by atoms with Gasteiger partial charge in [-0.05, 0) is 47.7 Å². The number of carbonyl (C=O) groups excluding carboxylic acids is 2. The number of rotatable bonds is 11. The van der Waals surface area contributed by atoms with E-state index in [-0.39, 0.29) is 30.3 Å². The average Bonchev–Trinajstić information content (AvgIpc) is 2.75. The van der Waals surface area contributed by atoms with E-state index in [9.17, 15) is 29.7 Å². The largest absolute Gasteiger partial charge is 0.508 e. The minimum Gasteiger partial charge on any atom is -0.508 e. The molecule has 9 heteroatoms. The molecule has 9 nitrogen and oxygen atoms in total. The second-order valence-electron chi connectivity index (χ2n) is 8.44. The summed E-state index contributed by atoms with van der Waals surface area (Å²) in [5, 5.41) is 33.6. The number of carboxylic acid groups (broad SMARTS) is 1. The van der Waals surface area contributed by atoms with Crippen LogP contribution in [-0.2, 0) is 27.2 Å². The molecule has 0 saturated carbocycles. The molecule has 0 radical (unpaired) electrons. The first-order chi connectivity index (χ1) is 15.5. The van der Waals surface area contributed by atoms with Gasteiger partial charge in [-0.3, -0.25) is 9.59 Å². The number of hydrogen-bond donors (Lipinski definition) is 6. The third kappa shape index (κ3) is 8.46. The van der Waals surface area contributed by atoms with E-state index >= 15 is 0 Å². The van der Waals surface area contributed by atoms with Crippen molar-refractivity contribution in [2.75, 3.05) is 0 Å². The van der Waals surface area contributed by atoms with Crippen molar-refractivity contribution < 1.29 is 29.7 Å².